The van der Waals surface area contributed by atoms with Gasteiger partial charge in [-0.2, -0.15) is 17.6 Å². The number of nitrogens with two attached hydrogens (primary N) is 1. The van der Waals surface area contributed by atoms with Crippen LogP contribution in [0.3, 0.4) is 0 Å². The van der Waals surface area contributed by atoms with Crippen LogP contribution in [0.1, 0.15) is 32.1 Å². The second kappa shape index (κ2) is 6.05. The molecule has 3 nitrogen and oxygen atoms in total. The third-order valence-electron chi connectivity index (χ3n) is 4.07. The molecule has 0 aromatic rings. The molecule has 0 aromatic heterocycles. The van der Waals surface area contributed by atoms with E-state index in [2.05, 4.69) is 0 Å². The highest BCUT2D eigenvalue weighted by atomic mass is 35.5. The van der Waals surface area contributed by atoms with E-state index in [-0.39, 0.29) is 18.3 Å². The zero-order valence-electron chi connectivity index (χ0n) is 11.0. The third kappa shape index (κ3) is 3.19. The molecule has 2 aliphatic rings. The number of hydrogen-bond acceptors (Lipinski definition) is 2. The van der Waals surface area contributed by atoms with E-state index in [1.54, 1.807) is 0 Å². The number of rotatable bonds is 2. The Morgan fingerprint density at radius 1 is 1.05 bits per heavy atom. The molecule has 0 bridgehead atoms. The van der Waals surface area contributed by atoms with Crippen molar-refractivity contribution < 1.29 is 22.4 Å². The molecule has 118 valence electrons. The lowest BCUT2D eigenvalue weighted by molar-refractivity contribution is -0.172. The molecule has 2 rings (SSSR count). The molecule has 1 saturated carbocycles. The van der Waals surface area contributed by atoms with Gasteiger partial charge in [0.2, 0.25) is 5.91 Å². The molecule has 2 fully saturated rings. The van der Waals surface area contributed by atoms with Gasteiger partial charge in [-0.25, -0.2) is 0 Å². The van der Waals surface area contributed by atoms with Gasteiger partial charge in [0.05, 0.1) is 19.1 Å². The van der Waals surface area contributed by atoms with Crippen LogP contribution in [0, 0.1) is 5.92 Å². The van der Waals surface area contributed by atoms with Crippen LogP contribution in [0.4, 0.5) is 17.6 Å². The largest absolute Gasteiger partial charge is 0.329 e. The summed E-state index contributed by atoms with van der Waals surface area (Å²) in [7, 11) is 0. The van der Waals surface area contributed by atoms with Gasteiger partial charge >= 0.3 is 11.8 Å². The summed E-state index contributed by atoms with van der Waals surface area (Å²) in [4.78, 5) is 12.5. The van der Waals surface area contributed by atoms with E-state index < -0.39 is 36.9 Å². The van der Waals surface area contributed by atoms with Crippen LogP contribution in [0.5, 0.6) is 0 Å². The summed E-state index contributed by atoms with van der Waals surface area (Å²) < 4.78 is 52.2. The highest BCUT2D eigenvalue weighted by molar-refractivity contribution is 5.85. The van der Waals surface area contributed by atoms with Crippen LogP contribution < -0.4 is 5.73 Å². The number of halogens is 5. The number of nitrogens with zero attached hydrogens (tertiary/aromatic N) is 1. The maximum absolute atomic E-state index is 13.1. The summed E-state index contributed by atoms with van der Waals surface area (Å²) in [5.41, 5.74) is 5.77. The maximum atomic E-state index is 13.1. The van der Waals surface area contributed by atoms with Gasteiger partial charge in [0.1, 0.15) is 0 Å². The first kappa shape index (κ1) is 17.5. The fraction of sp³-hybridized carbons (Fsp3) is 0.917. The van der Waals surface area contributed by atoms with Crippen molar-refractivity contribution >= 4 is 18.3 Å². The highest BCUT2D eigenvalue weighted by Gasteiger charge is 2.64. The van der Waals surface area contributed by atoms with Crippen molar-refractivity contribution in [1.29, 1.82) is 0 Å². The van der Waals surface area contributed by atoms with E-state index in [1.807, 2.05) is 0 Å². The lowest BCUT2D eigenvalue weighted by Gasteiger charge is -2.29. The third-order valence-corrected chi connectivity index (χ3v) is 4.07. The van der Waals surface area contributed by atoms with Crippen LogP contribution in [0.15, 0.2) is 0 Å². The minimum Gasteiger partial charge on any atom is -0.329 e. The monoisotopic (exact) mass is 318 g/mol. The molecular weight excluding hydrogens is 300 g/mol. The van der Waals surface area contributed by atoms with Crippen LogP contribution in [-0.2, 0) is 4.79 Å². The molecule has 0 spiro atoms. The Labute approximate surface area is 121 Å². The van der Waals surface area contributed by atoms with E-state index in [9.17, 15) is 22.4 Å². The van der Waals surface area contributed by atoms with E-state index >= 15 is 0 Å². The minimum atomic E-state index is -4.16. The molecule has 1 heterocycles. The SMILES string of the molecule is Cl.N[C@H](C(=O)N1CC(F)(F)C(F)(F)C1)C1CCCCC1. The molecule has 20 heavy (non-hydrogen) atoms. The molecule has 1 amide bonds. The summed E-state index contributed by atoms with van der Waals surface area (Å²) in [5.74, 6) is -9.17. The zero-order valence-corrected chi connectivity index (χ0v) is 11.8. The summed E-state index contributed by atoms with van der Waals surface area (Å²) in [6, 6.07) is -0.940. The quantitative estimate of drug-likeness (QED) is 0.795. The summed E-state index contributed by atoms with van der Waals surface area (Å²) in [5, 5.41) is 0. The molecule has 1 aliphatic heterocycles. The van der Waals surface area contributed by atoms with Crippen molar-refractivity contribution in [3.8, 4) is 0 Å². The van der Waals surface area contributed by atoms with Crippen molar-refractivity contribution in [2.45, 2.75) is 50.0 Å². The number of hydrogen-bond donors (Lipinski definition) is 1. The first-order valence-electron chi connectivity index (χ1n) is 6.55. The first-order chi connectivity index (χ1) is 8.74. The molecular formula is C12H19ClF4N2O. The molecule has 1 saturated heterocycles. The Morgan fingerprint density at radius 3 is 1.95 bits per heavy atom. The number of amides is 1. The Kier molecular flexibility index (Phi) is 5.29. The molecule has 8 heteroatoms. The minimum absolute atomic E-state index is 0. The van der Waals surface area contributed by atoms with Gasteiger partial charge in [0, 0.05) is 0 Å². The fourth-order valence-electron chi connectivity index (χ4n) is 2.83. The molecule has 0 aromatic carbocycles. The van der Waals surface area contributed by atoms with Crippen LogP contribution in [0.25, 0.3) is 0 Å². The average Bonchev–Trinajstić information content (AvgIpc) is 2.58. The van der Waals surface area contributed by atoms with E-state index in [0.29, 0.717) is 4.90 Å². The highest BCUT2D eigenvalue weighted by Crippen LogP contribution is 2.41. The number of carbonyl (C=O) groups is 1. The van der Waals surface area contributed by atoms with Gasteiger partial charge in [-0.3, -0.25) is 4.79 Å². The van der Waals surface area contributed by atoms with Crippen molar-refractivity contribution in [2.75, 3.05) is 13.1 Å². The normalized spacial score (nSPS) is 26.9. The first-order valence-corrected chi connectivity index (χ1v) is 6.55. The van der Waals surface area contributed by atoms with Crippen molar-refractivity contribution in [3.05, 3.63) is 0 Å². The number of carbonyl (C=O) groups excluding carboxylic acids is 1. The maximum Gasteiger partial charge on any atom is 0.329 e. The molecule has 2 N–H and O–H groups in total. The van der Waals surface area contributed by atoms with Crippen molar-refractivity contribution in [3.63, 3.8) is 0 Å². The predicted octanol–water partition coefficient (Wildman–Crippen LogP) is 2.43. The lowest BCUT2D eigenvalue weighted by atomic mass is 9.84. The van der Waals surface area contributed by atoms with Gasteiger partial charge in [-0.15, -0.1) is 12.4 Å². The molecule has 1 atom stereocenters. The van der Waals surface area contributed by atoms with Crippen molar-refractivity contribution in [1.82, 2.24) is 4.90 Å². The second-order valence-corrected chi connectivity index (χ2v) is 5.53. The summed E-state index contributed by atoms with van der Waals surface area (Å²) >= 11 is 0. The van der Waals surface area contributed by atoms with Crippen LogP contribution in [0.2, 0.25) is 0 Å². The topological polar surface area (TPSA) is 46.3 Å². The average molecular weight is 319 g/mol. The van der Waals surface area contributed by atoms with Gasteiger partial charge < -0.3 is 10.6 Å². The Balaban J connectivity index is 0.00000200. The van der Waals surface area contributed by atoms with Gasteiger partial charge in [-0.05, 0) is 18.8 Å². The summed E-state index contributed by atoms with van der Waals surface area (Å²) in [6.45, 7) is -2.47. The van der Waals surface area contributed by atoms with E-state index in [4.69, 9.17) is 5.73 Å². The molecule has 1 aliphatic carbocycles. The van der Waals surface area contributed by atoms with Gasteiger partial charge in [0.25, 0.3) is 0 Å². The Bertz CT molecular complexity index is 345. The predicted molar refractivity (Wildman–Crippen MR) is 68.3 cm³/mol. The van der Waals surface area contributed by atoms with Crippen LogP contribution in [-0.4, -0.2) is 41.8 Å². The zero-order chi connectivity index (χ0) is 14.3. The summed E-state index contributed by atoms with van der Waals surface area (Å²) in [6.07, 6.45) is 4.47. The fourth-order valence-corrected chi connectivity index (χ4v) is 2.83. The van der Waals surface area contributed by atoms with E-state index in [1.165, 1.54) is 0 Å². The standard InChI is InChI=1S/C12H18F4N2O.ClH/c13-11(14)6-18(7-12(11,15)16)10(19)9(17)8-4-2-1-3-5-8;/h8-9H,1-7,17H2;1H/t9-;/m0./s1. The number of likely N-dealkylation sites (tertiary alicyclic amines) is 1. The van der Waals surface area contributed by atoms with Crippen LogP contribution >= 0.6 is 12.4 Å². The Hall–Kier alpha value is -0.560. The van der Waals surface area contributed by atoms with Gasteiger partial charge in [-0.1, -0.05) is 19.3 Å². The Morgan fingerprint density at radius 2 is 1.50 bits per heavy atom. The van der Waals surface area contributed by atoms with Crippen molar-refractivity contribution in [2.24, 2.45) is 11.7 Å². The smallest absolute Gasteiger partial charge is 0.329 e. The second-order valence-electron chi connectivity index (χ2n) is 5.53. The van der Waals surface area contributed by atoms with Gasteiger partial charge in [0.15, 0.2) is 0 Å². The lowest BCUT2D eigenvalue weighted by Crippen LogP contribution is -2.48. The molecule has 0 radical (unpaired) electrons. The molecule has 0 unspecified atom stereocenters. The number of alkyl halides is 4. The van der Waals surface area contributed by atoms with E-state index in [0.717, 1.165) is 32.1 Å².